The molecule has 0 atom stereocenters. The van der Waals surface area contributed by atoms with Gasteiger partial charge in [0, 0.05) is 18.7 Å². The van der Waals surface area contributed by atoms with Crippen molar-refractivity contribution >= 4 is 35.2 Å². The van der Waals surface area contributed by atoms with E-state index in [1.807, 2.05) is 0 Å². The number of aliphatic carboxylic acids is 1. The van der Waals surface area contributed by atoms with E-state index in [2.05, 4.69) is 16.0 Å². The van der Waals surface area contributed by atoms with Gasteiger partial charge in [-0.15, -0.1) is 0 Å². The van der Waals surface area contributed by atoms with E-state index in [0.29, 0.717) is 37.0 Å². The SMILES string of the molecule is O=C(NCCNC(=O)c1ccc(O[C@H]2CC[C@@H](C(=O)O)CC2)cc1)Nc1ccc(F)cc1Cl. The molecule has 1 aliphatic carbocycles. The van der Waals surface area contributed by atoms with E-state index in [0.717, 1.165) is 6.07 Å². The summed E-state index contributed by atoms with van der Waals surface area (Å²) in [5.74, 6) is -1.22. The number of carbonyl (C=O) groups excluding carboxylic acids is 2. The van der Waals surface area contributed by atoms with Crippen LogP contribution in [-0.4, -0.2) is 42.2 Å². The van der Waals surface area contributed by atoms with Crippen molar-refractivity contribution in [2.24, 2.45) is 5.92 Å². The summed E-state index contributed by atoms with van der Waals surface area (Å²) in [6.07, 6.45) is 2.55. The number of halogens is 2. The summed E-state index contributed by atoms with van der Waals surface area (Å²) in [6.45, 7) is 0.380. The number of ether oxygens (including phenoxy) is 1. The Morgan fingerprint density at radius 2 is 1.67 bits per heavy atom. The number of benzene rings is 2. The predicted octanol–water partition coefficient (Wildman–Crippen LogP) is 4.05. The molecule has 2 aromatic carbocycles. The second kappa shape index (κ2) is 11.5. The molecule has 8 nitrogen and oxygen atoms in total. The summed E-state index contributed by atoms with van der Waals surface area (Å²) < 4.78 is 18.9. The van der Waals surface area contributed by atoms with Gasteiger partial charge in [-0.2, -0.15) is 0 Å². The van der Waals surface area contributed by atoms with Gasteiger partial charge in [0.15, 0.2) is 0 Å². The molecule has 1 fully saturated rings. The largest absolute Gasteiger partial charge is 0.490 e. The van der Waals surface area contributed by atoms with Crippen LogP contribution in [0.15, 0.2) is 42.5 Å². The van der Waals surface area contributed by atoms with Crippen LogP contribution in [0.2, 0.25) is 5.02 Å². The maximum absolute atomic E-state index is 13.0. The van der Waals surface area contributed by atoms with Gasteiger partial charge in [0.2, 0.25) is 0 Å². The summed E-state index contributed by atoms with van der Waals surface area (Å²) in [5, 5.41) is 16.9. The number of urea groups is 1. The third kappa shape index (κ3) is 7.35. The van der Waals surface area contributed by atoms with Gasteiger partial charge in [0.25, 0.3) is 5.91 Å². The standard InChI is InChI=1S/C23H25ClFN3O5/c24-19-13-16(25)5-10-20(19)28-23(32)27-12-11-26-21(29)14-1-6-17(7-2-14)33-18-8-3-15(4-9-18)22(30)31/h1-2,5-7,10,13,15,18H,3-4,8-9,11-12H2,(H,26,29)(H,30,31)(H2,27,28,32)/t15-,18+. The van der Waals surface area contributed by atoms with Crippen molar-refractivity contribution < 1.29 is 28.6 Å². The molecular weight excluding hydrogens is 453 g/mol. The zero-order chi connectivity index (χ0) is 23.8. The molecule has 33 heavy (non-hydrogen) atoms. The smallest absolute Gasteiger partial charge is 0.319 e. The molecule has 2 aromatic rings. The molecule has 176 valence electrons. The fourth-order valence-corrected chi connectivity index (χ4v) is 3.73. The van der Waals surface area contributed by atoms with E-state index in [4.69, 9.17) is 21.4 Å². The minimum absolute atomic E-state index is 0.0257. The molecule has 10 heteroatoms. The molecular formula is C23H25ClFN3O5. The lowest BCUT2D eigenvalue weighted by molar-refractivity contribution is -0.143. The van der Waals surface area contributed by atoms with E-state index >= 15 is 0 Å². The minimum atomic E-state index is -0.753. The second-order valence-corrected chi connectivity index (χ2v) is 8.12. The number of carboxylic acid groups (broad SMARTS) is 1. The average molecular weight is 478 g/mol. The van der Waals surface area contributed by atoms with Crippen molar-refractivity contribution in [1.82, 2.24) is 10.6 Å². The number of carboxylic acids is 1. The zero-order valence-corrected chi connectivity index (χ0v) is 18.5. The lowest BCUT2D eigenvalue weighted by atomic mass is 9.87. The molecule has 0 aliphatic heterocycles. The fourth-order valence-electron chi connectivity index (χ4n) is 3.52. The molecule has 0 heterocycles. The molecule has 0 unspecified atom stereocenters. The Balaban J connectivity index is 1.36. The number of carbonyl (C=O) groups is 3. The van der Waals surface area contributed by atoms with Crippen molar-refractivity contribution in [2.45, 2.75) is 31.8 Å². The van der Waals surface area contributed by atoms with E-state index in [9.17, 15) is 18.8 Å². The van der Waals surface area contributed by atoms with Gasteiger partial charge in [-0.3, -0.25) is 9.59 Å². The summed E-state index contributed by atoms with van der Waals surface area (Å²) in [7, 11) is 0. The highest BCUT2D eigenvalue weighted by Crippen LogP contribution is 2.28. The van der Waals surface area contributed by atoms with E-state index < -0.39 is 17.8 Å². The number of hydrogen-bond donors (Lipinski definition) is 4. The predicted molar refractivity (Wildman–Crippen MR) is 121 cm³/mol. The number of amides is 3. The zero-order valence-electron chi connectivity index (χ0n) is 17.8. The van der Waals surface area contributed by atoms with Crippen LogP contribution in [0.4, 0.5) is 14.9 Å². The van der Waals surface area contributed by atoms with Crippen molar-refractivity contribution in [3.63, 3.8) is 0 Å². The van der Waals surface area contributed by atoms with Gasteiger partial charge >= 0.3 is 12.0 Å². The van der Waals surface area contributed by atoms with E-state index in [-0.39, 0.29) is 41.7 Å². The number of hydrogen-bond acceptors (Lipinski definition) is 4. The van der Waals surface area contributed by atoms with E-state index in [1.165, 1.54) is 12.1 Å². The van der Waals surface area contributed by atoms with Crippen molar-refractivity contribution in [2.75, 3.05) is 18.4 Å². The highest BCUT2D eigenvalue weighted by atomic mass is 35.5. The Hall–Kier alpha value is -3.33. The van der Waals surface area contributed by atoms with Gasteiger partial charge in [-0.1, -0.05) is 11.6 Å². The van der Waals surface area contributed by atoms with Gasteiger partial charge in [0.1, 0.15) is 11.6 Å². The lowest BCUT2D eigenvalue weighted by Crippen LogP contribution is -2.36. The first-order valence-corrected chi connectivity index (χ1v) is 11.0. The van der Waals surface area contributed by atoms with Crippen LogP contribution in [0.5, 0.6) is 5.75 Å². The highest BCUT2D eigenvalue weighted by molar-refractivity contribution is 6.33. The summed E-state index contributed by atoms with van der Waals surface area (Å²) in [4.78, 5) is 35.2. The molecule has 3 rings (SSSR count). The third-order valence-electron chi connectivity index (χ3n) is 5.32. The Morgan fingerprint density at radius 3 is 2.30 bits per heavy atom. The first kappa shape index (κ1) is 24.3. The third-order valence-corrected chi connectivity index (χ3v) is 5.63. The summed E-state index contributed by atoms with van der Waals surface area (Å²) in [6, 6.07) is 9.80. The monoisotopic (exact) mass is 477 g/mol. The van der Waals surface area contributed by atoms with Crippen LogP contribution in [-0.2, 0) is 4.79 Å². The molecule has 0 aromatic heterocycles. The number of anilines is 1. The van der Waals surface area contributed by atoms with Crippen LogP contribution in [0, 0.1) is 11.7 Å². The van der Waals surface area contributed by atoms with E-state index in [1.54, 1.807) is 24.3 Å². The van der Waals surface area contributed by atoms with Crippen LogP contribution in [0.1, 0.15) is 36.0 Å². The quantitative estimate of drug-likeness (QED) is 0.428. The van der Waals surface area contributed by atoms with Crippen LogP contribution >= 0.6 is 11.6 Å². The lowest BCUT2D eigenvalue weighted by Gasteiger charge is -2.26. The maximum atomic E-state index is 13.0. The summed E-state index contributed by atoms with van der Waals surface area (Å²) in [5.41, 5.74) is 0.719. The Kier molecular flexibility index (Phi) is 8.48. The number of rotatable bonds is 8. The maximum Gasteiger partial charge on any atom is 0.319 e. The fraction of sp³-hybridized carbons (Fsp3) is 0.348. The summed E-state index contributed by atoms with van der Waals surface area (Å²) >= 11 is 5.86. The molecule has 0 bridgehead atoms. The van der Waals surface area contributed by atoms with Crippen LogP contribution < -0.4 is 20.7 Å². The average Bonchev–Trinajstić information content (AvgIpc) is 2.79. The van der Waals surface area contributed by atoms with Gasteiger partial charge in [-0.25, -0.2) is 9.18 Å². The first-order chi connectivity index (χ1) is 15.8. The Labute approximate surface area is 195 Å². The topological polar surface area (TPSA) is 117 Å². The van der Waals surface area contributed by atoms with Crippen molar-refractivity contribution in [1.29, 1.82) is 0 Å². The van der Waals surface area contributed by atoms with Crippen LogP contribution in [0.25, 0.3) is 0 Å². The van der Waals surface area contributed by atoms with Crippen LogP contribution in [0.3, 0.4) is 0 Å². The van der Waals surface area contributed by atoms with Gasteiger partial charge in [0.05, 0.1) is 22.7 Å². The Morgan fingerprint density at radius 1 is 1.00 bits per heavy atom. The molecule has 4 N–H and O–H groups in total. The molecule has 0 spiro atoms. The highest BCUT2D eigenvalue weighted by Gasteiger charge is 2.26. The Bertz CT molecular complexity index is 994. The molecule has 1 aliphatic rings. The number of nitrogens with one attached hydrogen (secondary N) is 3. The molecule has 0 saturated heterocycles. The van der Waals surface area contributed by atoms with Crippen molar-refractivity contribution in [3.8, 4) is 5.75 Å². The molecule has 0 radical (unpaired) electrons. The normalized spacial score (nSPS) is 17.6. The van der Waals surface area contributed by atoms with Gasteiger partial charge in [-0.05, 0) is 68.1 Å². The molecule has 1 saturated carbocycles. The first-order valence-electron chi connectivity index (χ1n) is 10.6. The van der Waals surface area contributed by atoms with Gasteiger partial charge < -0.3 is 25.8 Å². The van der Waals surface area contributed by atoms with Crippen molar-refractivity contribution in [3.05, 3.63) is 58.9 Å². The molecule has 3 amide bonds. The minimum Gasteiger partial charge on any atom is -0.490 e. The second-order valence-electron chi connectivity index (χ2n) is 7.72.